The Bertz CT molecular complexity index is 929. The summed E-state index contributed by atoms with van der Waals surface area (Å²) in [6, 6.07) is 13.3. The number of alkyl halides is 3. The zero-order chi connectivity index (χ0) is 22.8. The zero-order valence-corrected chi connectivity index (χ0v) is 18.3. The van der Waals surface area contributed by atoms with E-state index in [1.165, 1.54) is 6.07 Å². The number of anilines is 1. The number of nitrogens with one attached hydrogen (secondary N) is 1. The van der Waals surface area contributed by atoms with Crippen LogP contribution in [0.15, 0.2) is 48.5 Å². The molecule has 1 N–H and O–H groups in total. The fraction of sp³-hybridized carbons (Fsp3) is 0.480. The second-order valence-corrected chi connectivity index (χ2v) is 8.80. The highest BCUT2D eigenvalue weighted by atomic mass is 19.4. The van der Waals surface area contributed by atoms with Crippen LogP contribution in [0.4, 0.5) is 18.9 Å². The van der Waals surface area contributed by atoms with Crippen LogP contribution in [-0.4, -0.2) is 32.1 Å². The first kappa shape index (κ1) is 22.5. The molecule has 4 nitrogen and oxygen atoms in total. The summed E-state index contributed by atoms with van der Waals surface area (Å²) in [5.41, 5.74) is 0.0423. The lowest BCUT2D eigenvalue weighted by molar-refractivity contribution is -0.138. The molecule has 1 aliphatic heterocycles. The number of benzene rings is 2. The number of ether oxygens (including phenoxy) is 1. The van der Waals surface area contributed by atoms with E-state index in [9.17, 15) is 18.0 Å². The van der Waals surface area contributed by atoms with E-state index >= 15 is 0 Å². The van der Waals surface area contributed by atoms with Crippen LogP contribution in [0.5, 0.6) is 5.75 Å². The summed E-state index contributed by atoms with van der Waals surface area (Å²) >= 11 is 0. The van der Waals surface area contributed by atoms with E-state index in [1.807, 2.05) is 24.3 Å². The number of carbonyl (C=O) groups is 1. The van der Waals surface area contributed by atoms with Crippen molar-refractivity contribution in [2.75, 3.05) is 25.1 Å². The third-order valence-electron chi connectivity index (χ3n) is 6.90. The molecule has 2 fully saturated rings. The molecule has 7 heteroatoms. The van der Waals surface area contributed by atoms with Gasteiger partial charge < -0.3 is 15.0 Å². The molecule has 172 valence electrons. The number of rotatable bonds is 5. The second-order valence-electron chi connectivity index (χ2n) is 8.80. The molecule has 1 saturated carbocycles. The van der Waals surface area contributed by atoms with Crippen molar-refractivity contribution in [3.8, 4) is 5.75 Å². The first-order chi connectivity index (χ1) is 15.3. The maximum atomic E-state index is 13.4. The average Bonchev–Trinajstić information content (AvgIpc) is 3.31. The van der Waals surface area contributed by atoms with Gasteiger partial charge in [-0.1, -0.05) is 31.0 Å². The zero-order valence-electron chi connectivity index (χ0n) is 18.3. The van der Waals surface area contributed by atoms with Crippen molar-refractivity contribution in [3.05, 3.63) is 59.7 Å². The second kappa shape index (κ2) is 9.04. The van der Waals surface area contributed by atoms with Crippen LogP contribution < -0.4 is 15.0 Å². The minimum absolute atomic E-state index is 0.0280. The summed E-state index contributed by atoms with van der Waals surface area (Å²) in [6.07, 6.45) is 0.0578. The standard InChI is InChI=1S/C25H29F3N2O2/c1-32-22-9-7-21(8-10-22)30-15-11-20(12-16-30)29-23(31)24(13-2-3-14-24)18-5-4-6-19(17-18)25(26,27)28/h4-10,17,20H,2-3,11-16H2,1H3,(H,29,31). The van der Waals surface area contributed by atoms with Gasteiger partial charge in [-0.3, -0.25) is 4.79 Å². The van der Waals surface area contributed by atoms with Gasteiger partial charge in [-0.25, -0.2) is 0 Å². The van der Waals surface area contributed by atoms with E-state index in [4.69, 9.17) is 4.74 Å². The van der Waals surface area contributed by atoms with Crippen molar-refractivity contribution in [2.45, 2.75) is 56.2 Å². The summed E-state index contributed by atoms with van der Waals surface area (Å²) in [7, 11) is 1.64. The van der Waals surface area contributed by atoms with Crippen LogP contribution in [0.3, 0.4) is 0 Å². The largest absolute Gasteiger partial charge is 0.497 e. The number of methoxy groups -OCH3 is 1. The molecule has 4 rings (SSSR count). The molecule has 1 aliphatic carbocycles. The van der Waals surface area contributed by atoms with Crippen LogP contribution in [0.2, 0.25) is 0 Å². The molecule has 2 aliphatic rings. The van der Waals surface area contributed by atoms with Gasteiger partial charge in [0.05, 0.1) is 18.1 Å². The number of piperidine rings is 1. The SMILES string of the molecule is COc1ccc(N2CCC(NC(=O)C3(c4cccc(C(F)(F)F)c4)CCCC3)CC2)cc1. The highest BCUT2D eigenvalue weighted by Crippen LogP contribution is 2.43. The minimum Gasteiger partial charge on any atom is -0.497 e. The molecule has 0 aromatic heterocycles. The number of amides is 1. The highest BCUT2D eigenvalue weighted by molar-refractivity contribution is 5.89. The summed E-state index contributed by atoms with van der Waals surface area (Å²) in [4.78, 5) is 15.7. The Hall–Kier alpha value is -2.70. The molecule has 1 amide bonds. The van der Waals surface area contributed by atoms with Crippen LogP contribution in [-0.2, 0) is 16.4 Å². The van der Waals surface area contributed by atoms with Crippen LogP contribution in [0, 0.1) is 0 Å². The average molecular weight is 447 g/mol. The Morgan fingerprint density at radius 1 is 1.06 bits per heavy atom. The monoisotopic (exact) mass is 446 g/mol. The predicted molar refractivity (Wildman–Crippen MR) is 118 cm³/mol. The summed E-state index contributed by atoms with van der Waals surface area (Å²) in [5.74, 6) is 0.685. The Balaban J connectivity index is 1.43. The summed E-state index contributed by atoms with van der Waals surface area (Å²) < 4.78 is 45.0. The van der Waals surface area contributed by atoms with Crippen molar-refractivity contribution < 1.29 is 22.7 Å². The van der Waals surface area contributed by atoms with E-state index in [1.54, 1.807) is 13.2 Å². The summed E-state index contributed by atoms with van der Waals surface area (Å²) in [6.45, 7) is 1.63. The van der Waals surface area contributed by atoms with Crippen LogP contribution in [0.25, 0.3) is 0 Å². The molecule has 2 aromatic rings. The fourth-order valence-electron chi connectivity index (χ4n) is 5.02. The van der Waals surface area contributed by atoms with Crippen molar-refractivity contribution in [1.29, 1.82) is 0 Å². The van der Waals surface area contributed by atoms with Gasteiger partial charge in [-0.15, -0.1) is 0 Å². The van der Waals surface area contributed by atoms with E-state index in [0.29, 0.717) is 18.4 Å². The lowest BCUT2D eigenvalue weighted by Gasteiger charge is -2.36. The lowest BCUT2D eigenvalue weighted by atomic mass is 9.77. The Morgan fingerprint density at radius 3 is 2.31 bits per heavy atom. The molecule has 0 radical (unpaired) electrons. The Morgan fingerprint density at radius 2 is 1.72 bits per heavy atom. The minimum atomic E-state index is -4.42. The number of carbonyl (C=O) groups excluding carboxylic acids is 1. The van der Waals surface area contributed by atoms with Gasteiger partial charge in [0.2, 0.25) is 5.91 Å². The van der Waals surface area contributed by atoms with Gasteiger partial charge in [-0.05, 0) is 61.6 Å². The van der Waals surface area contributed by atoms with E-state index in [-0.39, 0.29) is 11.9 Å². The van der Waals surface area contributed by atoms with Gasteiger partial charge in [0, 0.05) is 24.8 Å². The third-order valence-corrected chi connectivity index (χ3v) is 6.90. The molecular weight excluding hydrogens is 417 g/mol. The topological polar surface area (TPSA) is 41.6 Å². The quantitative estimate of drug-likeness (QED) is 0.677. The van der Waals surface area contributed by atoms with Crippen molar-refractivity contribution in [3.63, 3.8) is 0 Å². The number of hydrogen-bond acceptors (Lipinski definition) is 3. The smallest absolute Gasteiger partial charge is 0.416 e. The van der Waals surface area contributed by atoms with E-state index in [2.05, 4.69) is 10.2 Å². The molecule has 2 aromatic carbocycles. The van der Waals surface area contributed by atoms with Gasteiger partial charge in [0.1, 0.15) is 5.75 Å². The lowest BCUT2D eigenvalue weighted by Crippen LogP contribution is -2.50. The molecule has 1 saturated heterocycles. The molecule has 0 bridgehead atoms. The molecule has 0 unspecified atom stereocenters. The molecular formula is C25H29F3N2O2. The molecule has 1 heterocycles. The normalized spacial score (nSPS) is 19.1. The van der Waals surface area contributed by atoms with Crippen molar-refractivity contribution >= 4 is 11.6 Å². The van der Waals surface area contributed by atoms with Crippen LogP contribution in [0.1, 0.15) is 49.7 Å². The number of nitrogens with zero attached hydrogens (tertiary/aromatic N) is 1. The predicted octanol–water partition coefficient (Wildman–Crippen LogP) is 5.31. The van der Waals surface area contributed by atoms with Gasteiger partial charge in [0.25, 0.3) is 0 Å². The maximum absolute atomic E-state index is 13.4. The van der Waals surface area contributed by atoms with Gasteiger partial charge >= 0.3 is 6.18 Å². The molecule has 32 heavy (non-hydrogen) atoms. The van der Waals surface area contributed by atoms with E-state index in [0.717, 1.165) is 62.3 Å². The molecule has 0 atom stereocenters. The van der Waals surface area contributed by atoms with Crippen LogP contribution >= 0.6 is 0 Å². The van der Waals surface area contributed by atoms with Crippen molar-refractivity contribution in [1.82, 2.24) is 5.32 Å². The third kappa shape index (κ3) is 4.57. The first-order valence-corrected chi connectivity index (χ1v) is 11.2. The summed E-state index contributed by atoms with van der Waals surface area (Å²) in [5, 5.41) is 3.18. The maximum Gasteiger partial charge on any atom is 0.416 e. The van der Waals surface area contributed by atoms with Gasteiger partial charge in [-0.2, -0.15) is 13.2 Å². The fourth-order valence-corrected chi connectivity index (χ4v) is 5.02. The Kier molecular flexibility index (Phi) is 6.35. The highest BCUT2D eigenvalue weighted by Gasteiger charge is 2.44. The number of hydrogen-bond donors (Lipinski definition) is 1. The van der Waals surface area contributed by atoms with E-state index < -0.39 is 17.2 Å². The molecule has 0 spiro atoms. The first-order valence-electron chi connectivity index (χ1n) is 11.2. The van der Waals surface area contributed by atoms with Crippen molar-refractivity contribution in [2.24, 2.45) is 0 Å². The Labute approximate surface area is 186 Å². The van der Waals surface area contributed by atoms with Gasteiger partial charge in [0.15, 0.2) is 0 Å². The number of halogens is 3.